The number of carbonyl (C=O) groups excluding carboxylic acids is 2. The minimum atomic E-state index is -0.227. The molecule has 0 saturated carbocycles. The van der Waals surface area contributed by atoms with Gasteiger partial charge in [-0.25, -0.2) is 0 Å². The van der Waals surface area contributed by atoms with Gasteiger partial charge in [0.25, 0.3) is 0 Å². The normalized spacial score (nSPS) is 15.1. The number of halogens is 1. The molecule has 2 aromatic rings. The lowest BCUT2D eigenvalue weighted by Gasteiger charge is -2.34. The molecule has 0 aliphatic carbocycles. The predicted octanol–water partition coefficient (Wildman–Crippen LogP) is 2.35. The van der Waals surface area contributed by atoms with Gasteiger partial charge in [0.1, 0.15) is 0 Å². The van der Waals surface area contributed by atoms with Crippen molar-refractivity contribution in [2.75, 3.05) is 32.7 Å². The van der Waals surface area contributed by atoms with Crippen molar-refractivity contribution in [1.29, 1.82) is 0 Å². The summed E-state index contributed by atoms with van der Waals surface area (Å²) in [5, 5.41) is 0. The second kappa shape index (κ2) is 11.1. The zero-order chi connectivity index (χ0) is 20.5. The smallest absolute Gasteiger partial charge is 0.242 e. The molecule has 1 aliphatic rings. The second-order valence-electron chi connectivity index (χ2n) is 7.25. The Morgan fingerprint density at radius 3 is 2.10 bits per heavy atom. The molecule has 6 nitrogen and oxygen atoms in total. The average molecular weight is 459 g/mol. The molecule has 2 N–H and O–H groups in total. The molecule has 1 aliphatic heterocycles. The van der Waals surface area contributed by atoms with Crippen LogP contribution in [0, 0.1) is 0 Å². The Kier molecular flexibility index (Phi) is 8.22. The van der Waals surface area contributed by atoms with E-state index < -0.39 is 0 Å². The molecule has 3 rings (SSSR count). The van der Waals surface area contributed by atoms with Crippen LogP contribution in [0.1, 0.15) is 17.5 Å². The van der Waals surface area contributed by atoms with Gasteiger partial charge in [0.15, 0.2) is 0 Å². The molecule has 0 aromatic heterocycles. The van der Waals surface area contributed by atoms with Crippen LogP contribution in [0.3, 0.4) is 0 Å². The number of amides is 2. The number of hydrazine groups is 1. The number of piperazine rings is 1. The van der Waals surface area contributed by atoms with Crippen molar-refractivity contribution in [2.45, 2.75) is 19.4 Å². The minimum Gasteiger partial charge on any atom is -0.300 e. The van der Waals surface area contributed by atoms with Gasteiger partial charge in [0, 0.05) is 50.2 Å². The van der Waals surface area contributed by atoms with E-state index in [0.717, 1.165) is 42.8 Å². The molecule has 0 bridgehead atoms. The first-order chi connectivity index (χ1) is 14.1. The molecule has 0 radical (unpaired) electrons. The lowest BCUT2D eigenvalue weighted by atomic mass is 10.1. The summed E-state index contributed by atoms with van der Waals surface area (Å²) in [4.78, 5) is 28.7. The van der Waals surface area contributed by atoms with Crippen molar-refractivity contribution in [3.63, 3.8) is 0 Å². The molecule has 1 saturated heterocycles. The van der Waals surface area contributed by atoms with Gasteiger partial charge in [-0.1, -0.05) is 58.4 Å². The third-order valence-electron chi connectivity index (χ3n) is 4.99. The molecular weight excluding hydrogens is 432 g/mol. The van der Waals surface area contributed by atoms with Crippen LogP contribution >= 0.6 is 15.9 Å². The van der Waals surface area contributed by atoms with E-state index in [2.05, 4.69) is 60.8 Å². The SMILES string of the molecule is O=C(CCN1CCN(Cc2ccccc2)CC1)NNC(=O)Cc1ccc(Br)cc1. The molecule has 0 unspecified atom stereocenters. The van der Waals surface area contributed by atoms with Gasteiger partial charge in [-0.2, -0.15) is 0 Å². The highest BCUT2D eigenvalue weighted by Gasteiger charge is 2.17. The van der Waals surface area contributed by atoms with Crippen LogP contribution in [0.4, 0.5) is 0 Å². The van der Waals surface area contributed by atoms with E-state index >= 15 is 0 Å². The van der Waals surface area contributed by atoms with Gasteiger partial charge in [-0.3, -0.25) is 25.3 Å². The van der Waals surface area contributed by atoms with Gasteiger partial charge in [-0.05, 0) is 23.3 Å². The first-order valence-corrected chi connectivity index (χ1v) is 10.7. The Balaban J connectivity index is 1.29. The van der Waals surface area contributed by atoms with Crippen LogP contribution < -0.4 is 10.9 Å². The molecule has 1 fully saturated rings. The van der Waals surface area contributed by atoms with Crippen LogP contribution in [-0.4, -0.2) is 54.3 Å². The van der Waals surface area contributed by atoms with E-state index in [1.54, 1.807) is 0 Å². The minimum absolute atomic E-state index is 0.166. The number of rotatable bonds is 7. The standard InChI is InChI=1S/C22H27BrN4O2/c23-20-8-6-18(7-9-20)16-22(29)25-24-21(28)10-11-26-12-14-27(15-13-26)17-19-4-2-1-3-5-19/h1-9H,10-17H2,(H,24,28)(H,25,29). The summed E-state index contributed by atoms with van der Waals surface area (Å²) in [6.45, 7) is 5.58. The summed E-state index contributed by atoms with van der Waals surface area (Å²) in [7, 11) is 0. The highest BCUT2D eigenvalue weighted by atomic mass is 79.9. The molecular formula is C22H27BrN4O2. The van der Waals surface area contributed by atoms with Crippen molar-refractivity contribution in [3.8, 4) is 0 Å². The van der Waals surface area contributed by atoms with Gasteiger partial charge in [-0.15, -0.1) is 0 Å². The number of nitrogens with zero attached hydrogens (tertiary/aromatic N) is 2. The van der Waals surface area contributed by atoms with Crippen LogP contribution in [0.2, 0.25) is 0 Å². The van der Waals surface area contributed by atoms with E-state index in [1.165, 1.54) is 5.56 Å². The zero-order valence-corrected chi connectivity index (χ0v) is 18.0. The summed E-state index contributed by atoms with van der Waals surface area (Å²) < 4.78 is 0.968. The molecule has 1 heterocycles. The maximum Gasteiger partial charge on any atom is 0.242 e. The topological polar surface area (TPSA) is 64.7 Å². The number of carbonyl (C=O) groups is 2. The van der Waals surface area contributed by atoms with Crippen LogP contribution in [-0.2, 0) is 22.6 Å². The summed E-state index contributed by atoms with van der Waals surface area (Å²) in [6.07, 6.45) is 0.605. The van der Waals surface area contributed by atoms with Gasteiger partial charge in [0.05, 0.1) is 6.42 Å². The fourth-order valence-electron chi connectivity index (χ4n) is 3.31. The molecule has 154 valence electrons. The van der Waals surface area contributed by atoms with E-state index in [9.17, 15) is 9.59 Å². The van der Waals surface area contributed by atoms with Crippen LogP contribution in [0.15, 0.2) is 59.1 Å². The monoisotopic (exact) mass is 458 g/mol. The Bertz CT molecular complexity index is 790. The van der Waals surface area contributed by atoms with E-state index in [1.807, 2.05) is 30.3 Å². The Hall–Kier alpha value is -2.22. The summed E-state index contributed by atoms with van der Waals surface area (Å²) in [6, 6.07) is 18.0. The highest BCUT2D eigenvalue weighted by molar-refractivity contribution is 9.10. The molecule has 0 spiro atoms. The molecule has 29 heavy (non-hydrogen) atoms. The maximum absolute atomic E-state index is 12.0. The zero-order valence-electron chi connectivity index (χ0n) is 16.4. The lowest BCUT2D eigenvalue weighted by Crippen LogP contribution is -2.48. The lowest BCUT2D eigenvalue weighted by molar-refractivity contribution is -0.128. The summed E-state index contributed by atoms with van der Waals surface area (Å²) in [5.41, 5.74) is 7.23. The van der Waals surface area contributed by atoms with Gasteiger partial charge < -0.3 is 4.90 Å². The van der Waals surface area contributed by atoms with Crippen molar-refractivity contribution >= 4 is 27.7 Å². The average Bonchev–Trinajstić information content (AvgIpc) is 2.74. The predicted molar refractivity (Wildman–Crippen MR) is 117 cm³/mol. The van der Waals surface area contributed by atoms with Crippen molar-refractivity contribution in [3.05, 3.63) is 70.2 Å². The van der Waals surface area contributed by atoms with Crippen LogP contribution in [0.25, 0.3) is 0 Å². The molecule has 2 amide bonds. The Morgan fingerprint density at radius 2 is 1.41 bits per heavy atom. The van der Waals surface area contributed by atoms with Crippen molar-refractivity contribution < 1.29 is 9.59 Å². The first-order valence-electron chi connectivity index (χ1n) is 9.89. The third-order valence-corrected chi connectivity index (χ3v) is 5.52. The van der Waals surface area contributed by atoms with Crippen molar-refractivity contribution in [2.24, 2.45) is 0 Å². The number of hydrogen-bond donors (Lipinski definition) is 2. The third kappa shape index (κ3) is 7.61. The summed E-state index contributed by atoms with van der Waals surface area (Å²) in [5.74, 6) is -0.393. The molecule has 0 atom stereocenters. The van der Waals surface area contributed by atoms with Gasteiger partial charge >= 0.3 is 0 Å². The van der Waals surface area contributed by atoms with E-state index in [0.29, 0.717) is 13.0 Å². The van der Waals surface area contributed by atoms with Crippen LogP contribution in [0.5, 0.6) is 0 Å². The highest BCUT2D eigenvalue weighted by Crippen LogP contribution is 2.11. The maximum atomic E-state index is 12.0. The van der Waals surface area contributed by atoms with Gasteiger partial charge in [0.2, 0.25) is 11.8 Å². The molecule has 7 heteroatoms. The largest absolute Gasteiger partial charge is 0.300 e. The summed E-state index contributed by atoms with van der Waals surface area (Å²) >= 11 is 3.37. The second-order valence-corrected chi connectivity index (χ2v) is 8.17. The first kappa shape index (κ1) is 21.5. The number of nitrogens with one attached hydrogen (secondary N) is 2. The van der Waals surface area contributed by atoms with Crippen molar-refractivity contribution in [1.82, 2.24) is 20.7 Å². The number of hydrogen-bond acceptors (Lipinski definition) is 4. The van der Waals surface area contributed by atoms with E-state index in [4.69, 9.17) is 0 Å². The fraction of sp³-hybridized carbons (Fsp3) is 0.364. The fourth-order valence-corrected chi connectivity index (χ4v) is 3.57. The molecule has 2 aromatic carbocycles. The Morgan fingerprint density at radius 1 is 0.793 bits per heavy atom. The number of benzene rings is 2. The quantitative estimate of drug-likeness (QED) is 0.625. The Labute approximate surface area is 180 Å². The van der Waals surface area contributed by atoms with E-state index in [-0.39, 0.29) is 18.2 Å².